The van der Waals surface area contributed by atoms with Gasteiger partial charge >= 0.3 is 0 Å². The van der Waals surface area contributed by atoms with Crippen LogP contribution in [-0.2, 0) is 11.3 Å². The van der Waals surface area contributed by atoms with E-state index in [0.717, 1.165) is 56.8 Å². The second-order valence-corrected chi connectivity index (χ2v) is 10.7. The minimum Gasteiger partial charge on any atom is -0.463 e. The lowest BCUT2D eigenvalue weighted by molar-refractivity contribution is -0.134. The number of hydrogen-bond donors (Lipinski definition) is 1. The molecule has 4 heterocycles. The molecule has 1 N–H and O–H groups in total. The molecular weight excluding hydrogens is 416 g/mol. The first kappa shape index (κ1) is 22.5. The molecule has 0 spiro atoms. The van der Waals surface area contributed by atoms with Crippen molar-refractivity contribution in [1.29, 1.82) is 0 Å². The number of carbonyl (C=O) groups is 2. The summed E-state index contributed by atoms with van der Waals surface area (Å²) >= 11 is 0. The molecule has 2 aromatic heterocycles. The molecule has 1 saturated carbocycles. The number of hydrogen-bond acceptors (Lipinski definition) is 4. The maximum atomic E-state index is 13.8. The van der Waals surface area contributed by atoms with E-state index in [2.05, 4.69) is 17.1 Å². The first-order chi connectivity index (χ1) is 16.0. The standard InChI is InChI=1S/C26H38N4O3/c1-19-7-9-20(10-8-19)27-25(32)26(2)18-29-21-11-16-33-23(21)17-22(29)24(31)30(26)15-14-28-12-5-3-4-6-13-28/h11,16-17,19-20H,3-10,12-15,18H2,1-2H3,(H,27,32). The van der Waals surface area contributed by atoms with Gasteiger partial charge in [-0.3, -0.25) is 9.59 Å². The molecule has 0 aromatic carbocycles. The second-order valence-electron chi connectivity index (χ2n) is 10.7. The van der Waals surface area contributed by atoms with Gasteiger partial charge in [-0.25, -0.2) is 0 Å². The van der Waals surface area contributed by atoms with E-state index in [0.29, 0.717) is 24.4 Å². The highest BCUT2D eigenvalue weighted by molar-refractivity contribution is 6.02. The molecule has 0 radical (unpaired) electrons. The van der Waals surface area contributed by atoms with Crippen molar-refractivity contribution in [3.8, 4) is 0 Å². The van der Waals surface area contributed by atoms with Gasteiger partial charge in [-0.15, -0.1) is 0 Å². The first-order valence-electron chi connectivity index (χ1n) is 12.9. The summed E-state index contributed by atoms with van der Waals surface area (Å²) in [5, 5.41) is 3.33. The number of fused-ring (bicyclic) bond motifs is 3. The number of furan rings is 1. The molecule has 7 heteroatoms. The predicted octanol–water partition coefficient (Wildman–Crippen LogP) is 4.02. The third-order valence-corrected chi connectivity index (χ3v) is 8.23. The monoisotopic (exact) mass is 454 g/mol. The molecule has 1 saturated heterocycles. The number of aromatic nitrogens is 1. The van der Waals surface area contributed by atoms with Crippen LogP contribution in [0.5, 0.6) is 0 Å². The molecule has 5 rings (SSSR count). The Kier molecular flexibility index (Phi) is 6.25. The molecule has 1 atom stereocenters. The third kappa shape index (κ3) is 4.32. The first-order valence-corrected chi connectivity index (χ1v) is 12.9. The molecule has 2 fully saturated rings. The molecule has 2 amide bonds. The molecule has 2 aliphatic heterocycles. The van der Waals surface area contributed by atoms with E-state index in [1.165, 1.54) is 25.7 Å². The largest absolute Gasteiger partial charge is 0.463 e. The highest BCUT2D eigenvalue weighted by Gasteiger charge is 2.48. The zero-order chi connectivity index (χ0) is 23.0. The van der Waals surface area contributed by atoms with Crippen molar-refractivity contribution < 1.29 is 14.0 Å². The fourth-order valence-electron chi connectivity index (χ4n) is 5.97. The highest BCUT2D eigenvalue weighted by Crippen LogP contribution is 2.33. The summed E-state index contributed by atoms with van der Waals surface area (Å²) in [6.45, 7) is 8.22. The van der Waals surface area contributed by atoms with Gasteiger partial charge in [0.25, 0.3) is 5.91 Å². The molecular formula is C26H38N4O3. The SMILES string of the molecule is CC1CCC(NC(=O)C2(C)Cn3c(cc4occc43)C(=O)N2CCN2CCCCCC2)CC1. The van der Waals surface area contributed by atoms with E-state index in [1.54, 1.807) is 6.26 Å². The molecule has 7 nitrogen and oxygen atoms in total. The summed E-state index contributed by atoms with van der Waals surface area (Å²) in [6.07, 6.45) is 11.0. The zero-order valence-electron chi connectivity index (χ0n) is 20.1. The Morgan fingerprint density at radius 2 is 1.85 bits per heavy atom. The number of nitrogens with zero attached hydrogens (tertiary/aromatic N) is 3. The number of likely N-dealkylation sites (tertiary alicyclic amines) is 1. The molecule has 180 valence electrons. The van der Waals surface area contributed by atoms with Crippen LogP contribution < -0.4 is 5.32 Å². The molecule has 33 heavy (non-hydrogen) atoms. The van der Waals surface area contributed by atoms with Gasteiger partial charge in [0.1, 0.15) is 11.2 Å². The lowest BCUT2D eigenvalue weighted by atomic mass is 9.86. The molecule has 2 aromatic rings. The summed E-state index contributed by atoms with van der Waals surface area (Å²) in [5.41, 5.74) is 1.28. The quantitative estimate of drug-likeness (QED) is 0.741. The summed E-state index contributed by atoms with van der Waals surface area (Å²) in [7, 11) is 0. The maximum Gasteiger partial charge on any atom is 0.271 e. The van der Waals surface area contributed by atoms with Crippen LogP contribution in [0.2, 0.25) is 0 Å². The topological polar surface area (TPSA) is 70.7 Å². The van der Waals surface area contributed by atoms with Gasteiger partial charge in [-0.1, -0.05) is 19.8 Å². The van der Waals surface area contributed by atoms with Crippen LogP contribution in [0.15, 0.2) is 22.8 Å². The van der Waals surface area contributed by atoms with Crippen LogP contribution in [-0.4, -0.2) is 63.9 Å². The van der Waals surface area contributed by atoms with Crippen molar-refractivity contribution in [2.45, 2.75) is 83.3 Å². The Labute approximate surface area is 196 Å². The van der Waals surface area contributed by atoms with Crippen LogP contribution in [0.4, 0.5) is 0 Å². The zero-order valence-corrected chi connectivity index (χ0v) is 20.1. The lowest BCUT2D eigenvalue weighted by Gasteiger charge is -2.45. The minimum atomic E-state index is -0.928. The van der Waals surface area contributed by atoms with E-state index < -0.39 is 5.54 Å². The maximum absolute atomic E-state index is 13.8. The van der Waals surface area contributed by atoms with Crippen molar-refractivity contribution in [1.82, 2.24) is 19.7 Å². The Balaban J connectivity index is 1.40. The summed E-state index contributed by atoms with van der Waals surface area (Å²) in [6, 6.07) is 3.92. The van der Waals surface area contributed by atoms with Gasteiger partial charge < -0.3 is 24.1 Å². The molecule has 0 bridgehead atoms. The Morgan fingerprint density at radius 3 is 2.58 bits per heavy atom. The van der Waals surface area contributed by atoms with Crippen LogP contribution in [0.25, 0.3) is 11.1 Å². The van der Waals surface area contributed by atoms with Crippen LogP contribution in [0.3, 0.4) is 0 Å². The smallest absolute Gasteiger partial charge is 0.271 e. The number of carbonyl (C=O) groups excluding carboxylic acids is 2. The van der Waals surface area contributed by atoms with Gasteiger partial charge in [-0.2, -0.15) is 0 Å². The fraction of sp³-hybridized carbons (Fsp3) is 0.692. The summed E-state index contributed by atoms with van der Waals surface area (Å²) < 4.78 is 7.56. The Morgan fingerprint density at radius 1 is 1.12 bits per heavy atom. The summed E-state index contributed by atoms with van der Waals surface area (Å²) in [4.78, 5) is 31.8. The predicted molar refractivity (Wildman–Crippen MR) is 128 cm³/mol. The normalized spacial score (nSPS) is 29.2. The van der Waals surface area contributed by atoms with Gasteiger partial charge in [0.05, 0.1) is 18.3 Å². The van der Waals surface area contributed by atoms with Crippen molar-refractivity contribution >= 4 is 22.9 Å². The highest BCUT2D eigenvalue weighted by atomic mass is 16.3. The van der Waals surface area contributed by atoms with Gasteiger partial charge in [0, 0.05) is 31.3 Å². The third-order valence-electron chi connectivity index (χ3n) is 8.23. The van der Waals surface area contributed by atoms with Crippen molar-refractivity contribution in [3.05, 3.63) is 24.1 Å². The summed E-state index contributed by atoms with van der Waals surface area (Å²) in [5.74, 6) is 0.631. The average Bonchev–Trinajstić information content (AvgIpc) is 3.29. The number of amides is 2. The van der Waals surface area contributed by atoms with Crippen LogP contribution in [0.1, 0.15) is 75.7 Å². The number of rotatable bonds is 5. The molecule has 1 aliphatic carbocycles. The Hall–Kier alpha value is -2.28. The van der Waals surface area contributed by atoms with Crippen LogP contribution in [0, 0.1) is 5.92 Å². The van der Waals surface area contributed by atoms with E-state index in [9.17, 15) is 9.59 Å². The average molecular weight is 455 g/mol. The van der Waals surface area contributed by atoms with Gasteiger partial charge in [0.2, 0.25) is 5.91 Å². The minimum absolute atomic E-state index is 0.0257. The van der Waals surface area contributed by atoms with E-state index in [1.807, 2.05) is 28.5 Å². The Bertz CT molecular complexity index is 995. The van der Waals surface area contributed by atoms with Crippen molar-refractivity contribution in [2.24, 2.45) is 5.92 Å². The second kappa shape index (κ2) is 9.16. The van der Waals surface area contributed by atoms with E-state index in [4.69, 9.17) is 4.42 Å². The van der Waals surface area contributed by atoms with Gasteiger partial charge in [-0.05, 0) is 64.5 Å². The van der Waals surface area contributed by atoms with Crippen molar-refractivity contribution in [2.75, 3.05) is 26.2 Å². The lowest BCUT2D eigenvalue weighted by Crippen LogP contribution is -2.65. The molecule has 3 aliphatic rings. The molecule has 1 unspecified atom stereocenters. The van der Waals surface area contributed by atoms with Crippen molar-refractivity contribution in [3.63, 3.8) is 0 Å². The van der Waals surface area contributed by atoms with Gasteiger partial charge in [0.15, 0.2) is 5.58 Å². The number of nitrogens with one attached hydrogen (secondary N) is 1. The fourth-order valence-corrected chi connectivity index (χ4v) is 5.97. The van der Waals surface area contributed by atoms with Crippen LogP contribution >= 0.6 is 0 Å². The van der Waals surface area contributed by atoms with E-state index in [-0.39, 0.29) is 17.9 Å². The van der Waals surface area contributed by atoms with E-state index >= 15 is 0 Å².